The van der Waals surface area contributed by atoms with Crippen LogP contribution in [-0.2, 0) is 43.1 Å². The van der Waals surface area contributed by atoms with Crippen LogP contribution >= 0.6 is 11.8 Å². The van der Waals surface area contributed by atoms with Crippen LogP contribution in [0.5, 0.6) is 5.75 Å². The number of thioether (sulfide) groups is 1. The Labute approximate surface area is 400 Å². The molecule has 3 aliphatic rings. The number of likely N-dealkylation sites (tertiary alicyclic amines) is 1. The van der Waals surface area contributed by atoms with E-state index in [0.717, 1.165) is 37.0 Å². The second-order valence-corrected chi connectivity index (χ2v) is 19.3. The zero-order valence-corrected chi connectivity index (χ0v) is 39.9. The number of amides is 8. The second kappa shape index (κ2) is 25.2. The summed E-state index contributed by atoms with van der Waals surface area (Å²) in [6.07, 6.45) is 2.65. The second-order valence-electron chi connectivity index (χ2n) is 18.2. The molecule has 2 aliphatic heterocycles. The van der Waals surface area contributed by atoms with Crippen LogP contribution in [0.3, 0.4) is 0 Å². The Morgan fingerprint density at radius 1 is 0.824 bits per heavy atom. The summed E-state index contributed by atoms with van der Waals surface area (Å²) in [4.78, 5) is 122. The van der Waals surface area contributed by atoms with Crippen LogP contribution in [0.25, 0.3) is 0 Å². The van der Waals surface area contributed by atoms with E-state index in [1.54, 1.807) is 19.1 Å². The fourth-order valence-electron chi connectivity index (χ4n) is 8.44. The van der Waals surface area contributed by atoms with Gasteiger partial charge in [-0.05, 0) is 89.6 Å². The van der Waals surface area contributed by atoms with Crippen molar-refractivity contribution in [1.29, 1.82) is 0 Å². The first kappa shape index (κ1) is 52.7. The van der Waals surface area contributed by atoms with Crippen LogP contribution in [-0.4, -0.2) is 137 Å². The number of hydroxylamine groups is 2. The summed E-state index contributed by atoms with van der Waals surface area (Å²) in [5, 5.41) is 26.8. The summed E-state index contributed by atoms with van der Waals surface area (Å²) in [5.74, 6) is -4.09. The van der Waals surface area contributed by atoms with Crippen LogP contribution in [0.2, 0.25) is 0 Å². The van der Waals surface area contributed by atoms with Crippen molar-refractivity contribution in [2.45, 2.75) is 114 Å². The fourth-order valence-corrected chi connectivity index (χ4v) is 9.46. The highest BCUT2D eigenvalue weighted by Gasteiger charge is 2.45. The Hall–Kier alpha value is -6.22. The van der Waals surface area contributed by atoms with Gasteiger partial charge in [-0.25, -0.2) is 9.59 Å². The number of alkyl carbamates (subject to hydrolysis) is 1. The number of ether oxygens (including phenoxy) is 1. The van der Waals surface area contributed by atoms with Crippen molar-refractivity contribution in [1.82, 2.24) is 41.9 Å². The van der Waals surface area contributed by atoms with E-state index in [9.17, 15) is 48.3 Å². The molecule has 8 amide bonds. The molecule has 2 aromatic carbocycles. The van der Waals surface area contributed by atoms with Gasteiger partial charge in [-0.2, -0.15) is 0 Å². The van der Waals surface area contributed by atoms with E-state index in [4.69, 9.17) is 9.57 Å². The van der Waals surface area contributed by atoms with Gasteiger partial charge in [-0.15, -0.1) is 16.8 Å². The van der Waals surface area contributed by atoms with E-state index >= 15 is 0 Å². The van der Waals surface area contributed by atoms with E-state index < -0.39 is 90.9 Å². The van der Waals surface area contributed by atoms with Crippen molar-refractivity contribution in [3.05, 3.63) is 59.7 Å². The maximum atomic E-state index is 14.2. The third-order valence-electron chi connectivity index (χ3n) is 11.8. The molecule has 1 saturated carbocycles. The number of nitrogens with one attached hydrogen (secondary N) is 6. The number of fused-ring (bicyclic) bond motifs is 1. The summed E-state index contributed by atoms with van der Waals surface area (Å²) in [7, 11) is 0. The lowest BCUT2D eigenvalue weighted by Crippen LogP contribution is -2.62. The van der Waals surface area contributed by atoms with Gasteiger partial charge in [0.1, 0.15) is 18.4 Å². The quantitative estimate of drug-likeness (QED) is 0.0538. The summed E-state index contributed by atoms with van der Waals surface area (Å²) in [5.41, 5.74) is 0.0753. The molecule has 0 radical (unpaired) electrons. The third-order valence-corrected chi connectivity index (χ3v) is 13.0. The van der Waals surface area contributed by atoms with Crippen LogP contribution in [0.4, 0.5) is 4.79 Å². The number of imide groups is 1. The van der Waals surface area contributed by atoms with E-state index in [2.05, 4.69) is 31.9 Å². The first-order valence-electron chi connectivity index (χ1n) is 23.0. The number of phenols is 1. The first-order chi connectivity index (χ1) is 32.4. The third kappa shape index (κ3) is 16.2. The molecule has 370 valence electrons. The number of hydrogen-bond acceptors (Lipinski definition) is 14. The van der Waals surface area contributed by atoms with Gasteiger partial charge in [-0.1, -0.05) is 43.5 Å². The van der Waals surface area contributed by atoms with Crippen molar-refractivity contribution in [3.8, 4) is 5.75 Å². The molecule has 2 unspecified atom stereocenters. The normalized spacial score (nSPS) is 19.1. The lowest BCUT2D eigenvalue weighted by atomic mass is 9.70. The Kier molecular flexibility index (Phi) is 19.6. The molecule has 21 heteroatoms. The molecule has 5 atom stereocenters. The molecule has 7 N–H and O–H groups in total. The molecule has 0 bridgehead atoms. The predicted molar refractivity (Wildman–Crippen MR) is 248 cm³/mol. The number of phenolic OH excluding ortho intramolecular Hbond substituents is 1. The summed E-state index contributed by atoms with van der Waals surface area (Å²) < 4.78 is 6.13. The van der Waals surface area contributed by atoms with Gasteiger partial charge in [0, 0.05) is 59.7 Å². The van der Waals surface area contributed by atoms with Crippen molar-refractivity contribution < 1.29 is 57.8 Å². The topological polar surface area (TPSA) is 271 Å². The molecule has 2 aromatic rings. The van der Waals surface area contributed by atoms with Crippen LogP contribution in [0, 0.1) is 18.8 Å². The number of hydrogen-bond donors (Lipinski definition) is 7. The Morgan fingerprint density at radius 2 is 1.47 bits per heavy atom. The summed E-state index contributed by atoms with van der Waals surface area (Å²) in [6, 6.07) is 12.7. The van der Waals surface area contributed by atoms with Gasteiger partial charge in [0.2, 0.25) is 23.6 Å². The van der Waals surface area contributed by atoms with E-state index in [0.29, 0.717) is 23.1 Å². The number of aromatic hydroxyl groups is 1. The fraction of sp³-hybridized carbons (Fsp3) is 0.553. The average Bonchev–Trinajstić information content (AvgIpc) is 3.61. The molecule has 20 nitrogen and oxygen atoms in total. The van der Waals surface area contributed by atoms with Gasteiger partial charge in [0.25, 0.3) is 17.7 Å². The van der Waals surface area contributed by atoms with E-state index in [1.165, 1.54) is 17.8 Å². The SMILES string of the molecule is Cc1c(O)cccc1C(=O)N[C@@H](CSc1ccccc1)[C@@H](CN1CCC2CCCCC2[C@@H]1C(=O)NC(C)(C)C)OC(=O)NCC(=O)NCC(=O)NCC(=O)NCCCC(=O)ON1C(=O)CCC1=O. The lowest BCUT2D eigenvalue weighted by molar-refractivity contribution is -0.197. The molecule has 5 rings (SSSR count). The first-order valence-corrected chi connectivity index (χ1v) is 24.0. The molecule has 0 aromatic heterocycles. The smallest absolute Gasteiger partial charge is 0.407 e. The summed E-state index contributed by atoms with van der Waals surface area (Å²) in [6.45, 7) is 6.47. The van der Waals surface area contributed by atoms with Crippen molar-refractivity contribution in [3.63, 3.8) is 0 Å². The molecular formula is C47H64N8O12S. The number of rotatable bonds is 21. The molecule has 68 heavy (non-hydrogen) atoms. The minimum atomic E-state index is -1.06. The zero-order valence-electron chi connectivity index (χ0n) is 39.1. The number of nitrogens with zero attached hydrogens (tertiary/aromatic N) is 2. The van der Waals surface area contributed by atoms with Gasteiger partial charge < -0.3 is 46.6 Å². The zero-order chi connectivity index (χ0) is 49.4. The number of benzene rings is 2. The highest BCUT2D eigenvalue weighted by atomic mass is 32.2. The highest BCUT2D eigenvalue weighted by molar-refractivity contribution is 7.99. The van der Waals surface area contributed by atoms with Crippen molar-refractivity contribution in [2.24, 2.45) is 11.8 Å². The van der Waals surface area contributed by atoms with Gasteiger partial charge in [0.05, 0.1) is 25.2 Å². The molecule has 2 heterocycles. The van der Waals surface area contributed by atoms with Gasteiger partial charge in [0.15, 0.2) is 0 Å². The number of piperidine rings is 1. The van der Waals surface area contributed by atoms with Crippen molar-refractivity contribution in [2.75, 3.05) is 45.0 Å². The standard InChI is InChI=1S/C47H64N8O12S/c1-29-32(16-10-17-35(29)56)44(63)52-34(28-68-31-13-6-5-7-14-31)36(27-54-23-21-30-12-8-9-15-33(30)43(54)45(64)53-47(2,3)4)66-46(65)51-26-39(59)50-25-38(58)49-24-37(57)48-22-11-18-42(62)67-55-40(60)19-20-41(55)61/h5-7,10,13-14,16-17,30,33-34,36,43,56H,8-9,11-12,15,18-28H2,1-4H3,(H,48,57)(H,49,58)(H,50,59)(H,51,65)(H,52,63)(H,53,64)/t30?,33?,34-,36+,43+/m0/s1. The van der Waals surface area contributed by atoms with Crippen molar-refractivity contribution >= 4 is 65.2 Å². The van der Waals surface area contributed by atoms with Crippen LogP contribution in [0.15, 0.2) is 53.4 Å². The van der Waals surface area contributed by atoms with Gasteiger partial charge >= 0.3 is 12.1 Å². The Bertz CT molecular complexity index is 2140. The number of carbonyl (C=O) groups excluding carboxylic acids is 9. The molecule has 3 fully saturated rings. The molecule has 1 aliphatic carbocycles. The van der Waals surface area contributed by atoms with E-state index in [1.807, 2.05) is 56.0 Å². The highest BCUT2D eigenvalue weighted by Crippen LogP contribution is 2.40. The maximum Gasteiger partial charge on any atom is 0.407 e. The monoisotopic (exact) mass is 964 g/mol. The minimum absolute atomic E-state index is 0.0323. The number of carbonyl (C=O) groups is 9. The lowest BCUT2D eigenvalue weighted by Gasteiger charge is -2.48. The van der Waals surface area contributed by atoms with Crippen LogP contribution < -0.4 is 31.9 Å². The van der Waals surface area contributed by atoms with E-state index in [-0.39, 0.29) is 67.7 Å². The average molecular weight is 965 g/mol. The molecule has 2 saturated heterocycles. The Balaban J connectivity index is 1.21. The summed E-state index contributed by atoms with van der Waals surface area (Å²) >= 11 is 1.43. The maximum absolute atomic E-state index is 14.2. The van der Waals surface area contributed by atoms with Crippen LogP contribution in [0.1, 0.15) is 94.5 Å². The molecular weight excluding hydrogens is 901 g/mol. The molecule has 0 spiro atoms. The largest absolute Gasteiger partial charge is 0.508 e. The minimum Gasteiger partial charge on any atom is -0.508 e. The van der Waals surface area contributed by atoms with Gasteiger partial charge in [-0.3, -0.25) is 38.5 Å². The predicted octanol–water partition coefficient (Wildman–Crippen LogP) is 2.22. The Morgan fingerprint density at radius 3 is 2.15 bits per heavy atom.